The number of ether oxygens (including phenoxy) is 2. The number of aryl methyl sites for hydroxylation is 2. The molecule has 14 heteroatoms. The van der Waals surface area contributed by atoms with Gasteiger partial charge in [0.1, 0.15) is 29.5 Å². The van der Waals surface area contributed by atoms with Crippen LogP contribution in [0.2, 0.25) is 0 Å². The maximum atomic E-state index is 14.7. The van der Waals surface area contributed by atoms with Crippen LogP contribution in [0.15, 0.2) is 48.5 Å². The van der Waals surface area contributed by atoms with E-state index in [0.717, 1.165) is 29.5 Å². The number of halogens is 2. The molecule has 0 aliphatic carbocycles. The van der Waals surface area contributed by atoms with Gasteiger partial charge in [-0.1, -0.05) is 36.4 Å². The zero-order valence-electron chi connectivity index (χ0n) is 30.9. The molecule has 5 rings (SSSR count). The van der Waals surface area contributed by atoms with Gasteiger partial charge in [0.2, 0.25) is 23.6 Å². The topological polar surface area (TPSA) is 146 Å². The standard InChI is InChI=1S/C39H51F2N5O7/c1-25-12-14-29-19-28(25)22-42-34(48)30(15-13-26-9-6-5-7-10-26)43-35(49)31(20-33(47)45-17-8-11-27(23-45)16-18-52-29)44-36(50)32-21-39(40,41)24-46(32)37(51)53-38(2,3)4/h5-7,9-10,12,14,19,27,30-32H,8,11,13,15-18,20-24H2,1-4H3,(H,42,48)(H,43,49)(H,44,50)/t27?,30-,31-,32?/m0/s1. The Morgan fingerprint density at radius 2 is 1.81 bits per heavy atom. The second-order valence-electron chi connectivity index (χ2n) is 15.3. The summed E-state index contributed by atoms with van der Waals surface area (Å²) < 4.78 is 40.9. The number of likely N-dealkylation sites (tertiary alicyclic amines) is 1. The van der Waals surface area contributed by atoms with E-state index >= 15 is 0 Å². The molecule has 2 aromatic carbocycles. The highest BCUT2D eigenvalue weighted by Crippen LogP contribution is 2.33. The van der Waals surface area contributed by atoms with E-state index < -0.39 is 78.8 Å². The first-order chi connectivity index (χ1) is 25.1. The minimum absolute atomic E-state index is 0.142. The molecule has 0 saturated carbocycles. The maximum Gasteiger partial charge on any atom is 0.411 e. The summed E-state index contributed by atoms with van der Waals surface area (Å²) in [5.41, 5.74) is 1.70. The van der Waals surface area contributed by atoms with Crippen LogP contribution >= 0.6 is 0 Å². The molecule has 3 heterocycles. The molecule has 5 amide bonds. The van der Waals surface area contributed by atoms with E-state index in [4.69, 9.17) is 9.47 Å². The van der Waals surface area contributed by atoms with Gasteiger partial charge in [-0.2, -0.15) is 0 Å². The van der Waals surface area contributed by atoms with Gasteiger partial charge in [-0.25, -0.2) is 13.6 Å². The number of nitrogens with zero attached hydrogens (tertiary/aromatic N) is 2. The molecule has 53 heavy (non-hydrogen) atoms. The Labute approximate surface area is 309 Å². The minimum Gasteiger partial charge on any atom is -0.494 e. The molecule has 2 aromatic rings. The first-order valence-corrected chi connectivity index (χ1v) is 18.4. The monoisotopic (exact) mass is 739 g/mol. The van der Waals surface area contributed by atoms with Crippen LogP contribution < -0.4 is 20.7 Å². The molecular weight excluding hydrogens is 688 g/mol. The van der Waals surface area contributed by atoms with Crippen LogP contribution in [-0.4, -0.2) is 95.4 Å². The lowest BCUT2D eigenvalue weighted by Crippen LogP contribution is -2.58. The Morgan fingerprint density at radius 1 is 1.06 bits per heavy atom. The van der Waals surface area contributed by atoms with E-state index in [1.165, 1.54) is 0 Å². The number of amides is 5. The average molecular weight is 740 g/mol. The number of fused-ring (bicyclic) bond motifs is 4. The third-order valence-electron chi connectivity index (χ3n) is 9.85. The Kier molecular flexibility index (Phi) is 12.6. The molecule has 3 aliphatic rings. The molecule has 3 N–H and O–H groups in total. The smallest absolute Gasteiger partial charge is 0.411 e. The quantitative estimate of drug-likeness (QED) is 0.416. The van der Waals surface area contributed by atoms with Gasteiger partial charge >= 0.3 is 6.09 Å². The van der Waals surface area contributed by atoms with Gasteiger partial charge in [-0.15, -0.1) is 0 Å². The van der Waals surface area contributed by atoms with Crippen LogP contribution in [0.5, 0.6) is 5.75 Å². The van der Waals surface area contributed by atoms with Crippen LogP contribution in [0.25, 0.3) is 0 Å². The van der Waals surface area contributed by atoms with Gasteiger partial charge in [0.25, 0.3) is 5.92 Å². The summed E-state index contributed by atoms with van der Waals surface area (Å²) in [7, 11) is 0. The highest BCUT2D eigenvalue weighted by molar-refractivity contribution is 5.96. The molecule has 288 valence electrons. The predicted molar refractivity (Wildman–Crippen MR) is 192 cm³/mol. The summed E-state index contributed by atoms with van der Waals surface area (Å²) in [4.78, 5) is 70.7. The van der Waals surface area contributed by atoms with Crippen LogP contribution in [-0.2, 0) is 36.9 Å². The number of rotatable bonds is 5. The summed E-state index contributed by atoms with van der Waals surface area (Å²) >= 11 is 0. The molecule has 0 aromatic heterocycles. The number of alkyl halides is 2. The van der Waals surface area contributed by atoms with Crippen molar-refractivity contribution in [3.05, 3.63) is 65.2 Å². The molecular formula is C39H51F2N5O7. The maximum absolute atomic E-state index is 14.7. The van der Waals surface area contributed by atoms with Gasteiger partial charge in [0, 0.05) is 26.1 Å². The number of nitrogens with one attached hydrogen (secondary N) is 3. The Balaban J connectivity index is 1.43. The molecule has 0 spiro atoms. The van der Waals surface area contributed by atoms with Crippen molar-refractivity contribution in [2.45, 2.75) is 109 Å². The van der Waals surface area contributed by atoms with E-state index in [2.05, 4.69) is 16.0 Å². The second kappa shape index (κ2) is 16.9. The molecule has 12 nitrogen and oxygen atoms in total. The summed E-state index contributed by atoms with van der Waals surface area (Å²) in [6, 6.07) is 10.8. The summed E-state index contributed by atoms with van der Waals surface area (Å²) in [6.45, 7) is 7.07. The summed E-state index contributed by atoms with van der Waals surface area (Å²) in [5, 5.41) is 8.18. The Bertz CT molecular complexity index is 1650. The van der Waals surface area contributed by atoms with E-state index in [-0.39, 0.29) is 18.9 Å². The van der Waals surface area contributed by atoms with Crippen molar-refractivity contribution < 1.29 is 42.2 Å². The van der Waals surface area contributed by atoms with Crippen molar-refractivity contribution in [1.82, 2.24) is 25.8 Å². The normalized spacial score (nSPS) is 24.2. The van der Waals surface area contributed by atoms with Gasteiger partial charge in [-0.3, -0.25) is 24.1 Å². The van der Waals surface area contributed by atoms with Crippen molar-refractivity contribution in [3.8, 4) is 5.75 Å². The van der Waals surface area contributed by atoms with Gasteiger partial charge in [-0.05, 0) is 94.5 Å². The first-order valence-electron chi connectivity index (χ1n) is 18.4. The van der Waals surface area contributed by atoms with E-state index in [1.54, 1.807) is 25.7 Å². The van der Waals surface area contributed by atoms with Gasteiger partial charge in [0.05, 0.1) is 19.6 Å². The van der Waals surface area contributed by atoms with Crippen LogP contribution in [0.3, 0.4) is 0 Å². The molecule has 4 bridgehead atoms. The first kappa shape index (κ1) is 39.5. The molecule has 2 saturated heterocycles. The molecule has 2 fully saturated rings. The molecule has 0 radical (unpaired) electrons. The van der Waals surface area contributed by atoms with Crippen molar-refractivity contribution in [2.75, 3.05) is 26.2 Å². The highest BCUT2D eigenvalue weighted by Gasteiger charge is 2.51. The Hall–Kier alpha value is -4.75. The molecule has 3 aliphatic heterocycles. The van der Waals surface area contributed by atoms with Gasteiger partial charge in [0.15, 0.2) is 0 Å². The van der Waals surface area contributed by atoms with Crippen molar-refractivity contribution >= 4 is 29.7 Å². The van der Waals surface area contributed by atoms with Crippen LogP contribution in [0, 0.1) is 12.8 Å². The number of carbonyl (C=O) groups excluding carboxylic acids is 5. The second-order valence-corrected chi connectivity index (χ2v) is 15.3. The van der Waals surface area contributed by atoms with Crippen LogP contribution in [0.4, 0.5) is 13.6 Å². The number of hydrogen-bond acceptors (Lipinski definition) is 7. The average Bonchev–Trinajstić information content (AvgIpc) is 3.44. The third-order valence-corrected chi connectivity index (χ3v) is 9.85. The minimum atomic E-state index is -3.39. The molecule has 4 atom stereocenters. The number of hydrogen-bond donors (Lipinski definition) is 3. The predicted octanol–water partition coefficient (Wildman–Crippen LogP) is 4.27. The van der Waals surface area contributed by atoms with E-state index in [0.29, 0.717) is 43.2 Å². The van der Waals surface area contributed by atoms with E-state index in [9.17, 15) is 32.8 Å². The lowest BCUT2D eigenvalue weighted by molar-refractivity contribution is -0.139. The van der Waals surface area contributed by atoms with E-state index in [1.807, 2.05) is 55.5 Å². The number of carbonyl (C=O) groups is 5. The SMILES string of the molecule is Cc1ccc2cc1CNC(=O)[C@H](CCc1ccccc1)NC(=O)[C@@H](NC(=O)C1CC(F)(F)CN1C(=O)OC(C)(C)C)CC(=O)N1CCCC(CCO2)C1. The Morgan fingerprint density at radius 3 is 2.55 bits per heavy atom. The fourth-order valence-corrected chi connectivity index (χ4v) is 6.95. The fraction of sp³-hybridized carbons (Fsp3) is 0.564. The third kappa shape index (κ3) is 11.1. The lowest BCUT2D eigenvalue weighted by atomic mass is 9.94. The van der Waals surface area contributed by atoms with Crippen molar-refractivity contribution in [2.24, 2.45) is 5.92 Å². The fourth-order valence-electron chi connectivity index (χ4n) is 6.95. The van der Waals surface area contributed by atoms with Gasteiger partial charge < -0.3 is 30.3 Å². The lowest BCUT2D eigenvalue weighted by Gasteiger charge is -2.34. The number of piperidine rings is 1. The zero-order valence-corrected chi connectivity index (χ0v) is 30.9. The number of benzene rings is 2. The van der Waals surface area contributed by atoms with Crippen LogP contribution in [0.1, 0.15) is 76.0 Å². The van der Waals surface area contributed by atoms with Crippen molar-refractivity contribution in [3.63, 3.8) is 0 Å². The summed E-state index contributed by atoms with van der Waals surface area (Å²) in [6.07, 6.45) is 0.357. The summed E-state index contributed by atoms with van der Waals surface area (Å²) in [5.74, 6) is -5.33. The van der Waals surface area contributed by atoms with Crippen molar-refractivity contribution in [1.29, 1.82) is 0 Å². The highest BCUT2D eigenvalue weighted by atomic mass is 19.3. The largest absolute Gasteiger partial charge is 0.494 e. The molecule has 2 unspecified atom stereocenters. The zero-order chi connectivity index (χ0) is 38.3.